The molecule has 0 bridgehead atoms. The van der Waals surface area contributed by atoms with Gasteiger partial charge in [-0.05, 0) is 37.8 Å². The fourth-order valence-corrected chi connectivity index (χ4v) is 1.47. The lowest BCUT2D eigenvalue weighted by molar-refractivity contribution is 0.838. The van der Waals surface area contributed by atoms with Crippen molar-refractivity contribution in [3.63, 3.8) is 0 Å². The van der Waals surface area contributed by atoms with E-state index in [4.69, 9.17) is 0 Å². The molecule has 0 aliphatic rings. The van der Waals surface area contributed by atoms with Gasteiger partial charge in [0.05, 0.1) is 0 Å². The van der Waals surface area contributed by atoms with Gasteiger partial charge in [-0.3, -0.25) is 4.79 Å². The van der Waals surface area contributed by atoms with E-state index in [0.29, 0.717) is 0 Å². The van der Waals surface area contributed by atoms with Gasteiger partial charge in [-0.15, -0.1) is 0 Å². The molecule has 1 nitrogen and oxygen atoms in total. The van der Waals surface area contributed by atoms with Crippen LogP contribution in [0.4, 0.5) is 0 Å². The summed E-state index contributed by atoms with van der Waals surface area (Å²) in [5.41, 5.74) is 2.10. The van der Waals surface area contributed by atoms with Crippen LogP contribution in [-0.4, -0.2) is 0 Å². The zero-order valence-electron chi connectivity index (χ0n) is 9.78. The zero-order valence-corrected chi connectivity index (χ0v) is 9.78. The monoisotopic (exact) mass is 214 g/mol. The van der Waals surface area contributed by atoms with E-state index >= 15 is 0 Å². The average Bonchev–Trinajstić information content (AvgIpc) is 2.43. The van der Waals surface area contributed by atoms with Crippen LogP contribution in [0.25, 0.3) is 0 Å². The molecule has 1 heteroatoms. The molecule has 84 valence electrons. The molecule has 0 aliphatic carbocycles. The standard InChI is InChI=1S/C15H18O/c1-13(2)9-5-3-6-10-14-11-7-4-8-12-15(14)16/h4-5,7-9,11-12H,1,3,6,10H2,2H3/b9-5+. The van der Waals surface area contributed by atoms with Crippen molar-refractivity contribution in [3.05, 3.63) is 70.4 Å². The molecular formula is C15H18O. The predicted octanol–water partition coefficient (Wildman–Crippen LogP) is 3.50. The summed E-state index contributed by atoms with van der Waals surface area (Å²) in [4.78, 5) is 11.6. The first-order valence-electron chi connectivity index (χ1n) is 5.60. The fourth-order valence-electron chi connectivity index (χ4n) is 1.47. The number of aryl methyl sites for hydroxylation is 1. The minimum Gasteiger partial charge on any atom is -0.290 e. The number of rotatable bonds is 5. The number of allylic oxidation sites excluding steroid dienone is 3. The Labute approximate surface area is 97.1 Å². The van der Waals surface area contributed by atoms with Gasteiger partial charge in [0.2, 0.25) is 0 Å². The van der Waals surface area contributed by atoms with E-state index in [1.54, 1.807) is 12.1 Å². The molecule has 0 amide bonds. The smallest absolute Gasteiger partial charge is 0.181 e. The van der Waals surface area contributed by atoms with Gasteiger partial charge in [-0.25, -0.2) is 0 Å². The van der Waals surface area contributed by atoms with Gasteiger partial charge >= 0.3 is 0 Å². The molecule has 0 fully saturated rings. The second kappa shape index (κ2) is 6.78. The van der Waals surface area contributed by atoms with Crippen LogP contribution in [0.3, 0.4) is 0 Å². The molecule has 0 saturated carbocycles. The van der Waals surface area contributed by atoms with E-state index in [1.165, 1.54) is 0 Å². The van der Waals surface area contributed by atoms with Crippen molar-refractivity contribution < 1.29 is 0 Å². The fraction of sp³-hybridized carbons (Fsp3) is 0.267. The third kappa shape index (κ3) is 4.74. The minimum atomic E-state index is 0.133. The molecule has 16 heavy (non-hydrogen) atoms. The van der Waals surface area contributed by atoms with Crippen LogP contribution in [-0.2, 0) is 6.42 Å². The van der Waals surface area contributed by atoms with Crippen molar-refractivity contribution in [2.45, 2.75) is 26.2 Å². The molecule has 0 atom stereocenters. The lowest BCUT2D eigenvalue weighted by Crippen LogP contribution is -2.03. The third-order valence-electron chi connectivity index (χ3n) is 2.30. The number of unbranched alkanes of at least 4 members (excludes halogenated alkanes) is 1. The summed E-state index contributed by atoms with van der Waals surface area (Å²) in [6.07, 6.45) is 6.96. The van der Waals surface area contributed by atoms with Crippen molar-refractivity contribution in [1.82, 2.24) is 0 Å². The predicted molar refractivity (Wildman–Crippen MR) is 69.6 cm³/mol. The maximum atomic E-state index is 11.6. The molecule has 0 N–H and O–H groups in total. The van der Waals surface area contributed by atoms with Crippen molar-refractivity contribution >= 4 is 0 Å². The Balaban J connectivity index is 2.47. The van der Waals surface area contributed by atoms with Crippen LogP contribution in [0.2, 0.25) is 0 Å². The van der Waals surface area contributed by atoms with Gasteiger partial charge < -0.3 is 0 Å². The second-order valence-electron chi connectivity index (χ2n) is 3.94. The molecule has 0 aromatic heterocycles. The highest BCUT2D eigenvalue weighted by atomic mass is 16.1. The first-order valence-corrected chi connectivity index (χ1v) is 5.60. The van der Waals surface area contributed by atoms with Crippen LogP contribution in [0, 0.1) is 0 Å². The van der Waals surface area contributed by atoms with Crippen LogP contribution in [0.1, 0.15) is 25.3 Å². The van der Waals surface area contributed by atoms with Crippen LogP contribution >= 0.6 is 0 Å². The zero-order chi connectivity index (χ0) is 11.8. The Morgan fingerprint density at radius 1 is 1.31 bits per heavy atom. The van der Waals surface area contributed by atoms with Crippen LogP contribution in [0.15, 0.2) is 59.4 Å². The molecule has 0 saturated heterocycles. The van der Waals surface area contributed by atoms with Gasteiger partial charge in [0.1, 0.15) is 0 Å². The largest absolute Gasteiger partial charge is 0.290 e. The first-order chi connectivity index (χ1) is 7.70. The summed E-state index contributed by atoms with van der Waals surface area (Å²) in [5, 5.41) is 0. The van der Waals surface area contributed by atoms with Gasteiger partial charge in [-0.1, -0.05) is 48.6 Å². The average molecular weight is 214 g/mol. The third-order valence-corrected chi connectivity index (χ3v) is 2.30. The molecule has 0 aliphatic heterocycles. The van der Waals surface area contributed by atoms with Crippen molar-refractivity contribution in [2.24, 2.45) is 0 Å². The maximum Gasteiger partial charge on any atom is 0.181 e. The Hall–Kier alpha value is -1.63. The van der Waals surface area contributed by atoms with E-state index in [9.17, 15) is 4.79 Å². The first kappa shape index (κ1) is 12.4. The lowest BCUT2D eigenvalue weighted by atomic mass is 10.1. The van der Waals surface area contributed by atoms with E-state index in [2.05, 4.69) is 12.7 Å². The Morgan fingerprint density at radius 3 is 2.81 bits per heavy atom. The highest BCUT2D eigenvalue weighted by Crippen LogP contribution is 2.01. The Bertz CT molecular complexity index is 430. The molecule has 1 aromatic carbocycles. The molecule has 0 heterocycles. The van der Waals surface area contributed by atoms with Gasteiger partial charge in [0.25, 0.3) is 0 Å². The summed E-state index contributed by atoms with van der Waals surface area (Å²) in [6, 6.07) is 9.11. The van der Waals surface area contributed by atoms with Crippen LogP contribution < -0.4 is 5.43 Å². The summed E-state index contributed by atoms with van der Waals surface area (Å²) in [5.74, 6) is 0. The second-order valence-corrected chi connectivity index (χ2v) is 3.94. The minimum absolute atomic E-state index is 0.133. The summed E-state index contributed by atoms with van der Waals surface area (Å²) >= 11 is 0. The molecule has 0 spiro atoms. The van der Waals surface area contributed by atoms with Crippen LogP contribution in [0.5, 0.6) is 0 Å². The topological polar surface area (TPSA) is 17.1 Å². The van der Waals surface area contributed by atoms with Gasteiger partial charge in [0.15, 0.2) is 5.43 Å². The molecule has 1 rings (SSSR count). The molecular weight excluding hydrogens is 196 g/mol. The lowest BCUT2D eigenvalue weighted by Gasteiger charge is -1.95. The van der Waals surface area contributed by atoms with E-state index in [0.717, 1.165) is 30.4 Å². The van der Waals surface area contributed by atoms with E-state index < -0.39 is 0 Å². The molecule has 0 unspecified atom stereocenters. The SMILES string of the molecule is C=C(C)/C=C/CCCc1cccccc1=O. The summed E-state index contributed by atoms with van der Waals surface area (Å²) < 4.78 is 0. The van der Waals surface area contributed by atoms with E-state index in [-0.39, 0.29) is 5.43 Å². The molecule has 1 aromatic rings. The summed E-state index contributed by atoms with van der Waals surface area (Å²) in [6.45, 7) is 5.77. The van der Waals surface area contributed by atoms with Crippen molar-refractivity contribution in [1.29, 1.82) is 0 Å². The Kier molecular flexibility index (Phi) is 5.27. The quantitative estimate of drug-likeness (QED) is 0.541. The van der Waals surface area contributed by atoms with Crippen molar-refractivity contribution in [2.75, 3.05) is 0 Å². The van der Waals surface area contributed by atoms with Crippen molar-refractivity contribution in [3.8, 4) is 0 Å². The van der Waals surface area contributed by atoms with E-state index in [1.807, 2.05) is 31.2 Å². The molecule has 0 radical (unpaired) electrons. The highest BCUT2D eigenvalue weighted by Gasteiger charge is 1.94. The normalized spacial score (nSPS) is 10.6. The Morgan fingerprint density at radius 2 is 2.06 bits per heavy atom. The summed E-state index contributed by atoms with van der Waals surface area (Å²) in [7, 11) is 0. The van der Waals surface area contributed by atoms with Gasteiger partial charge in [-0.2, -0.15) is 0 Å². The maximum absolute atomic E-state index is 11.6. The van der Waals surface area contributed by atoms with Gasteiger partial charge in [0, 0.05) is 0 Å². The number of hydrogen-bond donors (Lipinski definition) is 0. The highest BCUT2D eigenvalue weighted by molar-refractivity contribution is 5.15. The number of hydrogen-bond acceptors (Lipinski definition) is 1.